The van der Waals surface area contributed by atoms with Crippen LogP contribution in [0.25, 0.3) is 0 Å². The van der Waals surface area contributed by atoms with Crippen LogP contribution in [0.4, 0.5) is 0 Å². The van der Waals surface area contributed by atoms with Crippen LogP contribution < -0.4 is 0 Å². The average Bonchev–Trinajstić information content (AvgIpc) is 2.68. The van der Waals surface area contributed by atoms with Crippen molar-refractivity contribution in [2.75, 3.05) is 6.61 Å². The summed E-state index contributed by atoms with van der Waals surface area (Å²) in [7, 11) is 0. The standard InChI is InChI=1S/C7H11NO2/c1-3-10-6(9)7(8-2)4-5-7/h2-5H2,1H3. The topological polar surface area (TPSA) is 38.7 Å². The van der Waals surface area contributed by atoms with Crippen LogP contribution in [0.5, 0.6) is 0 Å². The molecule has 0 unspecified atom stereocenters. The molecule has 0 aromatic rings. The van der Waals surface area contributed by atoms with Crippen molar-refractivity contribution >= 4 is 12.7 Å². The number of rotatable bonds is 3. The van der Waals surface area contributed by atoms with E-state index in [0.29, 0.717) is 6.61 Å². The fraction of sp³-hybridized carbons (Fsp3) is 0.714. The number of ether oxygens (including phenoxy) is 1. The van der Waals surface area contributed by atoms with Crippen LogP contribution in [0, 0.1) is 0 Å². The van der Waals surface area contributed by atoms with Crippen molar-refractivity contribution in [1.29, 1.82) is 0 Å². The van der Waals surface area contributed by atoms with Crippen molar-refractivity contribution in [3.8, 4) is 0 Å². The molecule has 56 valence electrons. The van der Waals surface area contributed by atoms with Gasteiger partial charge in [-0.1, -0.05) is 0 Å². The lowest BCUT2D eigenvalue weighted by atomic mass is 10.3. The van der Waals surface area contributed by atoms with Crippen LogP contribution in [0.2, 0.25) is 0 Å². The molecule has 10 heavy (non-hydrogen) atoms. The first-order valence-corrected chi connectivity index (χ1v) is 3.40. The van der Waals surface area contributed by atoms with Gasteiger partial charge in [-0.15, -0.1) is 0 Å². The Hall–Kier alpha value is -0.860. The SMILES string of the molecule is C=NC1(C(=O)OCC)CC1. The molecule has 0 amide bonds. The molecule has 3 heteroatoms. The molecule has 1 fully saturated rings. The third-order valence-corrected chi connectivity index (χ3v) is 1.68. The van der Waals surface area contributed by atoms with Crippen molar-refractivity contribution in [1.82, 2.24) is 0 Å². The smallest absolute Gasteiger partial charge is 0.333 e. The van der Waals surface area contributed by atoms with E-state index in [9.17, 15) is 4.79 Å². The van der Waals surface area contributed by atoms with Crippen molar-refractivity contribution in [2.45, 2.75) is 25.3 Å². The first-order valence-electron chi connectivity index (χ1n) is 3.40. The van der Waals surface area contributed by atoms with Crippen LogP contribution in [0.15, 0.2) is 4.99 Å². The first kappa shape index (κ1) is 7.25. The quantitative estimate of drug-likeness (QED) is 0.430. The van der Waals surface area contributed by atoms with E-state index in [1.54, 1.807) is 6.92 Å². The van der Waals surface area contributed by atoms with Crippen molar-refractivity contribution in [2.24, 2.45) is 4.99 Å². The van der Waals surface area contributed by atoms with Gasteiger partial charge < -0.3 is 4.74 Å². The maximum absolute atomic E-state index is 11.0. The second-order valence-corrected chi connectivity index (χ2v) is 2.41. The van der Waals surface area contributed by atoms with Crippen molar-refractivity contribution < 1.29 is 9.53 Å². The van der Waals surface area contributed by atoms with Gasteiger partial charge in [-0.05, 0) is 26.5 Å². The van der Waals surface area contributed by atoms with E-state index in [-0.39, 0.29) is 5.97 Å². The van der Waals surface area contributed by atoms with Gasteiger partial charge in [0.05, 0.1) is 6.61 Å². The summed E-state index contributed by atoms with van der Waals surface area (Å²) in [5.41, 5.74) is -0.546. The molecule has 0 radical (unpaired) electrons. The third-order valence-electron chi connectivity index (χ3n) is 1.68. The van der Waals surface area contributed by atoms with E-state index in [1.165, 1.54) is 0 Å². The summed E-state index contributed by atoms with van der Waals surface area (Å²) in [6.45, 7) is 5.56. The molecular formula is C7H11NO2. The molecular weight excluding hydrogens is 130 g/mol. The fourth-order valence-electron chi connectivity index (χ4n) is 0.811. The van der Waals surface area contributed by atoms with Gasteiger partial charge in [-0.3, -0.25) is 4.99 Å². The third kappa shape index (κ3) is 1.03. The van der Waals surface area contributed by atoms with Gasteiger partial charge in [0.1, 0.15) is 0 Å². The number of carbonyl (C=O) groups excluding carboxylic acids is 1. The molecule has 0 aromatic carbocycles. The summed E-state index contributed by atoms with van der Waals surface area (Å²) in [6, 6.07) is 0. The summed E-state index contributed by atoms with van der Waals surface area (Å²) in [4.78, 5) is 14.7. The largest absolute Gasteiger partial charge is 0.464 e. The normalized spacial score (nSPS) is 19.7. The van der Waals surface area contributed by atoms with Gasteiger partial charge in [0.15, 0.2) is 5.54 Å². The predicted molar refractivity (Wildman–Crippen MR) is 38.1 cm³/mol. The Balaban J connectivity index is 2.47. The summed E-state index contributed by atoms with van der Waals surface area (Å²) in [5, 5.41) is 0. The average molecular weight is 141 g/mol. The lowest BCUT2D eigenvalue weighted by Crippen LogP contribution is -2.22. The predicted octanol–water partition coefficient (Wildman–Crippen LogP) is 0.783. The molecule has 0 aromatic heterocycles. The molecule has 0 bridgehead atoms. The zero-order valence-corrected chi connectivity index (χ0v) is 6.09. The Labute approximate surface area is 60.1 Å². The Kier molecular flexibility index (Phi) is 1.74. The van der Waals surface area contributed by atoms with Crippen LogP contribution in [0.3, 0.4) is 0 Å². The van der Waals surface area contributed by atoms with E-state index in [4.69, 9.17) is 4.74 Å². The molecule has 1 aliphatic carbocycles. The zero-order valence-electron chi connectivity index (χ0n) is 6.09. The summed E-state index contributed by atoms with van der Waals surface area (Å²) >= 11 is 0. The van der Waals surface area contributed by atoms with Gasteiger partial charge in [0.2, 0.25) is 0 Å². The van der Waals surface area contributed by atoms with E-state index in [1.807, 2.05) is 0 Å². The van der Waals surface area contributed by atoms with Gasteiger partial charge in [-0.25, -0.2) is 4.79 Å². The highest BCUT2D eigenvalue weighted by molar-refractivity contribution is 5.85. The van der Waals surface area contributed by atoms with Crippen LogP contribution >= 0.6 is 0 Å². The minimum Gasteiger partial charge on any atom is -0.464 e. The summed E-state index contributed by atoms with van der Waals surface area (Å²) < 4.78 is 4.79. The molecule has 3 nitrogen and oxygen atoms in total. The molecule has 1 saturated carbocycles. The number of nitrogens with zero attached hydrogens (tertiary/aromatic N) is 1. The Morgan fingerprint density at radius 2 is 2.40 bits per heavy atom. The summed E-state index contributed by atoms with van der Waals surface area (Å²) in [5.74, 6) is -0.218. The highest BCUT2D eigenvalue weighted by atomic mass is 16.5. The van der Waals surface area contributed by atoms with Crippen LogP contribution in [-0.4, -0.2) is 24.8 Å². The fourth-order valence-corrected chi connectivity index (χ4v) is 0.811. The molecule has 0 atom stereocenters. The van der Waals surface area contributed by atoms with Gasteiger partial charge in [0, 0.05) is 0 Å². The first-order chi connectivity index (χ1) is 4.75. The Morgan fingerprint density at radius 3 is 2.70 bits per heavy atom. The summed E-state index contributed by atoms with van der Waals surface area (Å²) in [6.07, 6.45) is 1.60. The van der Waals surface area contributed by atoms with Gasteiger partial charge in [0.25, 0.3) is 0 Å². The minimum absolute atomic E-state index is 0.218. The van der Waals surface area contributed by atoms with E-state index in [2.05, 4.69) is 11.7 Å². The van der Waals surface area contributed by atoms with Crippen LogP contribution in [-0.2, 0) is 9.53 Å². The molecule has 0 saturated heterocycles. The Bertz CT molecular complexity index is 161. The maximum Gasteiger partial charge on any atom is 0.333 e. The Morgan fingerprint density at radius 1 is 1.80 bits per heavy atom. The van der Waals surface area contributed by atoms with Crippen LogP contribution in [0.1, 0.15) is 19.8 Å². The molecule has 0 spiro atoms. The number of hydrogen-bond acceptors (Lipinski definition) is 3. The number of aliphatic imine (C=N–C) groups is 1. The minimum atomic E-state index is -0.546. The maximum atomic E-state index is 11.0. The highest BCUT2D eigenvalue weighted by Gasteiger charge is 2.50. The van der Waals surface area contributed by atoms with Crippen molar-refractivity contribution in [3.05, 3.63) is 0 Å². The van der Waals surface area contributed by atoms with Gasteiger partial charge in [-0.2, -0.15) is 0 Å². The zero-order chi connectivity index (χ0) is 7.61. The van der Waals surface area contributed by atoms with E-state index >= 15 is 0 Å². The lowest BCUT2D eigenvalue weighted by Gasteiger charge is -2.06. The number of hydrogen-bond donors (Lipinski definition) is 0. The lowest BCUT2D eigenvalue weighted by molar-refractivity contribution is -0.145. The highest BCUT2D eigenvalue weighted by Crippen LogP contribution is 2.40. The molecule has 0 heterocycles. The van der Waals surface area contributed by atoms with E-state index in [0.717, 1.165) is 12.8 Å². The van der Waals surface area contributed by atoms with Crippen molar-refractivity contribution in [3.63, 3.8) is 0 Å². The number of esters is 1. The monoisotopic (exact) mass is 141 g/mol. The molecule has 0 aliphatic heterocycles. The second-order valence-electron chi connectivity index (χ2n) is 2.41. The second kappa shape index (κ2) is 2.40. The van der Waals surface area contributed by atoms with Gasteiger partial charge >= 0.3 is 5.97 Å². The molecule has 1 aliphatic rings. The number of carbonyl (C=O) groups is 1. The molecule has 1 rings (SSSR count). The molecule has 0 N–H and O–H groups in total. The van der Waals surface area contributed by atoms with E-state index < -0.39 is 5.54 Å².